The van der Waals surface area contributed by atoms with Gasteiger partial charge in [0.25, 0.3) is 0 Å². The van der Waals surface area contributed by atoms with Crippen LogP contribution in [0.5, 0.6) is 0 Å². The normalized spacial score (nSPS) is 16.5. The van der Waals surface area contributed by atoms with Gasteiger partial charge in [-0.1, -0.05) is 24.3 Å². The number of benzene rings is 1. The molecule has 1 aliphatic rings. The monoisotopic (exact) mass is 289 g/mol. The maximum atomic E-state index is 11.3. The minimum atomic E-state index is 0.199. The summed E-state index contributed by atoms with van der Waals surface area (Å²) in [7, 11) is 4.20. The van der Waals surface area contributed by atoms with E-state index in [2.05, 4.69) is 48.6 Å². The first kappa shape index (κ1) is 16.0. The van der Waals surface area contributed by atoms with E-state index in [0.717, 1.165) is 39.0 Å². The second-order valence-electron chi connectivity index (χ2n) is 6.17. The topological polar surface area (TPSA) is 35.6 Å². The third kappa shape index (κ3) is 4.83. The van der Waals surface area contributed by atoms with Gasteiger partial charge in [0.05, 0.1) is 0 Å². The molecule has 0 aliphatic carbocycles. The molecule has 1 amide bonds. The molecule has 0 unspecified atom stereocenters. The van der Waals surface area contributed by atoms with Gasteiger partial charge in [0.2, 0.25) is 5.91 Å². The molecule has 1 aliphatic heterocycles. The summed E-state index contributed by atoms with van der Waals surface area (Å²) in [5.41, 5.74) is 2.76. The first-order valence-corrected chi connectivity index (χ1v) is 7.76. The number of carbonyl (C=O) groups excluding carboxylic acids is 1. The lowest BCUT2D eigenvalue weighted by atomic mass is 10.0. The number of carbonyl (C=O) groups is 1. The van der Waals surface area contributed by atoms with Crippen molar-refractivity contribution in [3.05, 3.63) is 35.4 Å². The van der Waals surface area contributed by atoms with Gasteiger partial charge in [-0.25, -0.2) is 0 Å². The van der Waals surface area contributed by atoms with Crippen LogP contribution in [0.4, 0.5) is 0 Å². The van der Waals surface area contributed by atoms with Crippen LogP contribution in [0.15, 0.2) is 24.3 Å². The van der Waals surface area contributed by atoms with Crippen molar-refractivity contribution in [3.63, 3.8) is 0 Å². The zero-order valence-corrected chi connectivity index (χ0v) is 13.4. The number of nitrogens with zero attached hydrogens (tertiary/aromatic N) is 2. The Morgan fingerprint density at radius 2 is 1.86 bits per heavy atom. The van der Waals surface area contributed by atoms with Crippen LogP contribution >= 0.6 is 0 Å². The number of nitrogens with one attached hydrogen (secondary N) is 1. The van der Waals surface area contributed by atoms with E-state index in [0.29, 0.717) is 6.04 Å². The molecule has 0 atom stereocenters. The summed E-state index contributed by atoms with van der Waals surface area (Å²) < 4.78 is 0. The van der Waals surface area contributed by atoms with Gasteiger partial charge in [-0.2, -0.15) is 0 Å². The van der Waals surface area contributed by atoms with E-state index >= 15 is 0 Å². The number of hydrogen-bond acceptors (Lipinski definition) is 3. The van der Waals surface area contributed by atoms with E-state index in [1.807, 2.05) is 4.90 Å². The second-order valence-corrected chi connectivity index (χ2v) is 6.17. The van der Waals surface area contributed by atoms with Crippen LogP contribution in [0.25, 0.3) is 0 Å². The van der Waals surface area contributed by atoms with Gasteiger partial charge in [-0.3, -0.25) is 4.79 Å². The molecule has 21 heavy (non-hydrogen) atoms. The number of amides is 1. The molecule has 0 bridgehead atoms. The predicted octanol–water partition coefficient (Wildman–Crippen LogP) is 1.85. The number of hydrogen-bond donors (Lipinski definition) is 1. The molecule has 0 spiro atoms. The SMILES string of the molecule is CC(=O)N1CCC(NCc2ccccc2CN(C)C)CC1. The summed E-state index contributed by atoms with van der Waals surface area (Å²) >= 11 is 0. The molecule has 1 aromatic rings. The highest BCUT2D eigenvalue weighted by Gasteiger charge is 2.20. The van der Waals surface area contributed by atoms with Gasteiger partial charge in [0.15, 0.2) is 0 Å². The zero-order chi connectivity index (χ0) is 15.2. The third-order valence-corrected chi connectivity index (χ3v) is 4.13. The van der Waals surface area contributed by atoms with E-state index in [9.17, 15) is 4.79 Å². The highest BCUT2D eigenvalue weighted by atomic mass is 16.2. The van der Waals surface area contributed by atoms with Crippen LogP contribution in [0.1, 0.15) is 30.9 Å². The largest absolute Gasteiger partial charge is 0.343 e. The quantitative estimate of drug-likeness (QED) is 0.898. The van der Waals surface area contributed by atoms with Crippen molar-refractivity contribution in [2.75, 3.05) is 27.2 Å². The van der Waals surface area contributed by atoms with Gasteiger partial charge in [-0.05, 0) is 38.1 Å². The summed E-state index contributed by atoms with van der Waals surface area (Å²) in [6, 6.07) is 9.14. The van der Waals surface area contributed by atoms with Crippen molar-refractivity contribution in [3.8, 4) is 0 Å². The second kappa shape index (κ2) is 7.57. The van der Waals surface area contributed by atoms with E-state index in [1.165, 1.54) is 11.1 Å². The Kier molecular flexibility index (Phi) is 5.76. The molecule has 0 aromatic heterocycles. The highest BCUT2D eigenvalue weighted by Crippen LogP contribution is 2.14. The van der Waals surface area contributed by atoms with Gasteiger partial charge in [0, 0.05) is 39.1 Å². The molecule has 4 nitrogen and oxygen atoms in total. The van der Waals surface area contributed by atoms with Crippen LogP contribution in [0.3, 0.4) is 0 Å². The maximum Gasteiger partial charge on any atom is 0.219 e. The Bertz CT molecular complexity index is 465. The highest BCUT2D eigenvalue weighted by molar-refractivity contribution is 5.73. The first-order valence-electron chi connectivity index (χ1n) is 7.76. The minimum absolute atomic E-state index is 0.199. The van der Waals surface area contributed by atoms with Gasteiger partial charge in [-0.15, -0.1) is 0 Å². The van der Waals surface area contributed by atoms with Crippen LogP contribution in [-0.2, 0) is 17.9 Å². The molecule has 1 fully saturated rings. The first-order chi connectivity index (χ1) is 10.1. The van der Waals surface area contributed by atoms with Crippen molar-refractivity contribution in [1.82, 2.24) is 15.1 Å². The number of piperidine rings is 1. The molecule has 0 saturated carbocycles. The van der Waals surface area contributed by atoms with Gasteiger partial charge < -0.3 is 15.1 Å². The van der Waals surface area contributed by atoms with Crippen LogP contribution < -0.4 is 5.32 Å². The van der Waals surface area contributed by atoms with Gasteiger partial charge >= 0.3 is 0 Å². The minimum Gasteiger partial charge on any atom is -0.343 e. The molecule has 4 heteroatoms. The molecular formula is C17H27N3O. The van der Waals surface area contributed by atoms with E-state index in [4.69, 9.17) is 0 Å². The predicted molar refractivity (Wildman–Crippen MR) is 85.9 cm³/mol. The average molecular weight is 289 g/mol. The molecule has 0 radical (unpaired) electrons. The van der Waals surface area contributed by atoms with Crippen molar-refractivity contribution < 1.29 is 4.79 Å². The van der Waals surface area contributed by atoms with Crippen molar-refractivity contribution in [2.24, 2.45) is 0 Å². The smallest absolute Gasteiger partial charge is 0.219 e. The fourth-order valence-corrected chi connectivity index (χ4v) is 2.88. The standard InChI is InChI=1S/C17H27N3O/c1-14(21)20-10-8-17(9-11-20)18-12-15-6-4-5-7-16(15)13-19(2)3/h4-7,17-18H,8-13H2,1-3H3. The Morgan fingerprint density at radius 1 is 1.24 bits per heavy atom. The molecule has 2 rings (SSSR count). The summed E-state index contributed by atoms with van der Waals surface area (Å²) in [4.78, 5) is 15.5. The molecule has 1 aromatic carbocycles. The Hall–Kier alpha value is -1.39. The van der Waals surface area contributed by atoms with E-state index in [1.54, 1.807) is 6.92 Å². The molecule has 1 saturated heterocycles. The molecular weight excluding hydrogens is 262 g/mol. The number of likely N-dealkylation sites (tertiary alicyclic amines) is 1. The lowest BCUT2D eigenvalue weighted by molar-refractivity contribution is -0.129. The molecule has 1 N–H and O–H groups in total. The Balaban J connectivity index is 1.85. The molecule has 1 heterocycles. The molecule has 116 valence electrons. The van der Waals surface area contributed by atoms with E-state index in [-0.39, 0.29) is 5.91 Å². The fourth-order valence-electron chi connectivity index (χ4n) is 2.88. The maximum absolute atomic E-state index is 11.3. The Labute approximate surface area is 128 Å². The van der Waals surface area contributed by atoms with Crippen LogP contribution in [0.2, 0.25) is 0 Å². The Morgan fingerprint density at radius 3 is 2.43 bits per heavy atom. The number of rotatable bonds is 5. The van der Waals surface area contributed by atoms with Crippen LogP contribution in [-0.4, -0.2) is 48.9 Å². The van der Waals surface area contributed by atoms with Crippen molar-refractivity contribution in [1.29, 1.82) is 0 Å². The van der Waals surface area contributed by atoms with Crippen molar-refractivity contribution in [2.45, 2.75) is 38.9 Å². The lowest BCUT2D eigenvalue weighted by Gasteiger charge is -2.32. The fraction of sp³-hybridized carbons (Fsp3) is 0.588. The van der Waals surface area contributed by atoms with E-state index < -0.39 is 0 Å². The summed E-state index contributed by atoms with van der Waals surface area (Å²) in [5, 5.41) is 3.65. The van der Waals surface area contributed by atoms with Crippen LogP contribution in [0, 0.1) is 0 Å². The van der Waals surface area contributed by atoms with Gasteiger partial charge in [0.1, 0.15) is 0 Å². The summed E-state index contributed by atoms with van der Waals surface area (Å²) in [5.74, 6) is 0.199. The lowest BCUT2D eigenvalue weighted by Crippen LogP contribution is -2.44. The van der Waals surface area contributed by atoms with Crippen molar-refractivity contribution >= 4 is 5.91 Å². The summed E-state index contributed by atoms with van der Waals surface area (Å²) in [6.07, 6.45) is 2.10. The summed E-state index contributed by atoms with van der Waals surface area (Å²) in [6.45, 7) is 5.30. The third-order valence-electron chi connectivity index (χ3n) is 4.13. The average Bonchev–Trinajstić information content (AvgIpc) is 2.46. The zero-order valence-electron chi connectivity index (χ0n) is 13.4.